The van der Waals surface area contributed by atoms with Crippen molar-refractivity contribution in [3.05, 3.63) is 0 Å². The van der Waals surface area contributed by atoms with Crippen LogP contribution in [0.1, 0.15) is 52.4 Å². The summed E-state index contributed by atoms with van der Waals surface area (Å²) in [6, 6.07) is 0. The summed E-state index contributed by atoms with van der Waals surface area (Å²) in [7, 11) is 0. The minimum Gasteiger partial charge on any atom is -0.381 e. The average Bonchev–Trinajstić information content (AvgIpc) is 2.47. The van der Waals surface area contributed by atoms with Crippen LogP contribution in [0.3, 0.4) is 0 Å². The molecule has 2 aliphatic rings. The van der Waals surface area contributed by atoms with Gasteiger partial charge in [0.05, 0.1) is 0 Å². The maximum Gasteiger partial charge on any atom is 0.254 e. The first-order valence-corrected chi connectivity index (χ1v) is 7.65. The first-order chi connectivity index (χ1) is 9.05. The Bertz CT molecular complexity index is 309. The van der Waals surface area contributed by atoms with Gasteiger partial charge in [-0.3, -0.25) is 4.79 Å². The molecule has 0 atom stereocenters. The number of rotatable bonds is 3. The largest absolute Gasteiger partial charge is 0.381 e. The molecule has 0 saturated carbocycles. The molecule has 0 aromatic rings. The lowest BCUT2D eigenvalue weighted by molar-refractivity contribution is -0.155. The monoisotopic (exact) mass is 269 g/mol. The van der Waals surface area contributed by atoms with Gasteiger partial charge < -0.3 is 14.7 Å². The van der Waals surface area contributed by atoms with Crippen molar-refractivity contribution < 1.29 is 14.6 Å². The molecule has 0 aliphatic carbocycles. The van der Waals surface area contributed by atoms with Crippen molar-refractivity contribution in [2.45, 2.75) is 58.0 Å². The van der Waals surface area contributed by atoms with E-state index in [4.69, 9.17) is 4.74 Å². The van der Waals surface area contributed by atoms with E-state index in [0.717, 1.165) is 52.0 Å². The van der Waals surface area contributed by atoms with Crippen molar-refractivity contribution in [1.29, 1.82) is 0 Å². The number of nitrogens with zero attached hydrogens (tertiary/aromatic N) is 1. The Morgan fingerprint density at radius 1 is 1.16 bits per heavy atom. The van der Waals surface area contributed by atoms with E-state index in [1.807, 2.05) is 18.7 Å². The Kier molecular flexibility index (Phi) is 4.51. The van der Waals surface area contributed by atoms with Crippen molar-refractivity contribution in [1.82, 2.24) is 4.90 Å². The van der Waals surface area contributed by atoms with Crippen LogP contribution >= 0.6 is 0 Å². The number of hydrogen-bond acceptors (Lipinski definition) is 3. The van der Waals surface area contributed by atoms with Gasteiger partial charge in [-0.15, -0.1) is 0 Å². The molecule has 2 fully saturated rings. The van der Waals surface area contributed by atoms with Crippen LogP contribution in [0.2, 0.25) is 0 Å². The standard InChI is InChI=1S/C15H27NO3/c1-3-15(18,4-2)13(17)16-9-5-14(6-10-16)7-11-19-12-8-14/h18H,3-12H2,1-2H3. The molecule has 0 aromatic carbocycles. The fraction of sp³-hybridized carbons (Fsp3) is 0.933. The number of aliphatic hydroxyl groups is 1. The molecule has 2 aliphatic heterocycles. The van der Waals surface area contributed by atoms with Crippen LogP contribution in [-0.4, -0.2) is 47.8 Å². The van der Waals surface area contributed by atoms with Crippen LogP contribution < -0.4 is 0 Å². The number of piperidine rings is 1. The van der Waals surface area contributed by atoms with Gasteiger partial charge in [-0.1, -0.05) is 13.8 Å². The fourth-order valence-corrected chi connectivity index (χ4v) is 3.34. The van der Waals surface area contributed by atoms with Gasteiger partial charge in [-0.25, -0.2) is 0 Å². The molecule has 4 nitrogen and oxygen atoms in total. The molecular formula is C15H27NO3. The highest BCUT2D eigenvalue weighted by Gasteiger charge is 2.41. The highest BCUT2D eigenvalue weighted by atomic mass is 16.5. The Balaban J connectivity index is 1.94. The van der Waals surface area contributed by atoms with Crippen molar-refractivity contribution in [3.63, 3.8) is 0 Å². The molecule has 0 unspecified atom stereocenters. The second-order valence-electron chi connectivity index (χ2n) is 6.14. The van der Waals surface area contributed by atoms with Crippen molar-refractivity contribution in [3.8, 4) is 0 Å². The summed E-state index contributed by atoms with van der Waals surface area (Å²) >= 11 is 0. The van der Waals surface area contributed by atoms with Gasteiger partial charge in [-0.05, 0) is 43.9 Å². The first kappa shape index (κ1) is 14.8. The summed E-state index contributed by atoms with van der Waals surface area (Å²) in [4.78, 5) is 14.3. The zero-order valence-electron chi connectivity index (χ0n) is 12.3. The molecule has 2 heterocycles. The zero-order chi connectivity index (χ0) is 13.9. The van der Waals surface area contributed by atoms with Crippen LogP contribution in [-0.2, 0) is 9.53 Å². The lowest BCUT2D eigenvalue weighted by atomic mass is 9.72. The number of carbonyl (C=O) groups excluding carboxylic acids is 1. The van der Waals surface area contributed by atoms with E-state index in [1.54, 1.807) is 0 Å². The molecule has 1 spiro atoms. The maximum atomic E-state index is 12.4. The molecule has 1 N–H and O–H groups in total. The normalized spacial score (nSPS) is 23.6. The topological polar surface area (TPSA) is 49.8 Å². The predicted octanol–water partition coefficient (Wildman–Crippen LogP) is 1.96. The Morgan fingerprint density at radius 3 is 2.16 bits per heavy atom. The van der Waals surface area contributed by atoms with E-state index >= 15 is 0 Å². The van der Waals surface area contributed by atoms with E-state index < -0.39 is 5.60 Å². The second kappa shape index (κ2) is 5.80. The summed E-state index contributed by atoms with van der Waals surface area (Å²) in [6.45, 7) is 7.07. The molecule has 1 amide bonds. The molecule has 0 bridgehead atoms. The van der Waals surface area contributed by atoms with Gasteiger partial charge in [-0.2, -0.15) is 0 Å². The van der Waals surface area contributed by atoms with Gasteiger partial charge in [0.1, 0.15) is 5.60 Å². The minimum absolute atomic E-state index is 0.0700. The third-order valence-corrected chi connectivity index (χ3v) is 5.23. The van der Waals surface area contributed by atoms with Crippen LogP contribution in [0.5, 0.6) is 0 Å². The highest BCUT2D eigenvalue weighted by Crippen LogP contribution is 2.41. The second-order valence-corrected chi connectivity index (χ2v) is 6.14. The number of likely N-dealkylation sites (tertiary alicyclic amines) is 1. The molecule has 110 valence electrons. The van der Waals surface area contributed by atoms with Crippen LogP contribution in [0.25, 0.3) is 0 Å². The molecular weight excluding hydrogens is 242 g/mol. The molecule has 2 saturated heterocycles. The summed E-state index contributed by atoms with van der Waals surface area (Å²) in [5, 5.41) is 10.3. The maximum absolute atomic E-state index is 12.4. The summed E-state index contributed by atoms with van der Waals surface area (Å²) in [5.74, 6) is -0.0700. The molecule has 2 rings (SSSR count). The molecule has 19 heavy (non-hydrogen) atoms. The third-order valence-electron chi connectivity index (χ3n) is 5.23. The first-order valence-electron chi connectivity index (χ1n) is 7.65. The van der Waals surface area contributed by atoms with Gasteiger partial charge in [0, 0.05) is 26.3 Å². The van der Waals surface area contributed by atoms with Crippen molar-refractivity contribution in [2.24, 2.45) is 5.41 Å². The Hall–Kier alpha value is -0.610. The smallest absolute Gasteiger partial charge is 0.254 e. The molecule has 0 radical (unpaired) electrons. The lowest BCUT2D eigenvalue weighted by Gasteiger charge is -2.45. The van der Waals surface area contributed by atoms with Gasteiger partial charge in [0.2, 0.25) is 0 Å². The summed E-state index contributed by atoms with van der Waals surface area (Å²) in [5.41, 5.74) is -0.758. The van der Waals surface area contributed by atoms with Gasteiger partial charge >= 0.3 is 0 Å². The van der Waals surface area contributed by atoms with E-state index in [1.165, 1.54) is 0 Å². The minimum atomic E-state index is -1.15. The van der Waals surface area contributed by atoms with E-state index in [2.05, 4.69) is 0 Å². The SMILES string of the molecule is CCC(O)(CC)C(=O)N1CCC2(CCOCC2)CC1. The Labute approximate surface area is 116 Å². The van der Waals surface area contributed by atoms with Gasteiger partial charge in [0.15, 0.2) is 0 Å². The van der Waals surface area contributed by atoms with E-state index in [9.17, 15) is 9.90 Å². The molecule has 0 aromatic heterocycles. The zero-order valence-corrected chi connectivity index (χ0v) is 12.3. The van der Waals surface area contributed by atoms with Crippen molar-refractivity contribution >= 4 is 5.91 Å². The fourth-order valence-electron chi connectivity index (χ4n) is 3.34. The highest BCUT2D eigenvalue weighted by molar-refractivity contribution is 5.85. The number of amides is 1. The number of carbonyl (C=O) groups is 1. The Morgan fingerprint density at radius 2 is 1.68 bits per heavy atom. The molecule has 4 heteroatoms. The number of ether oxygens (including phenoxy) is 1. The van der Waals surface area contributed by atoms with Crippen LogP contribution in [0.4, 0.5) is 0 Å². The third kappa shape index (κ3) is 2.95. The number of hydrogen-bond donors (Lipinski definition) is 1. The van der Waals surface area contributed by atoms with Crippen molar-refractivity contribution in [2.75, 3.05) is 26.3 Å². The van der Waals surface area contributed by atoms with Crippen LogP contribution in [0.15, 0.2) is 0 Å². The quantitative estimate of drug-likeness (QED) is 0.852. The summed E-state index contributed by atoms with van der Waals surface area (Å²) in [6.07, 6.45) is 5.37. The lowest BCUT2D eigenvalue weighted by Crippen LogP contribution is -2.53. The van der Waals surface area contributed by atoms with Gasteiger partial charge in [0.25, 0.3) is 5.91 Å². The van der Waals surface area contributed by atoms with E-state index in [-0.39, 0.29) is 5.91 Å². The predicted molar refractivity (Wildman–Crippen MR) is 73.8 cm³/mol. The summed E-state index contributed by atoms with van der Waals surface area (Å²) < 4.78 is 5.44. The van der Waals surface area contributed by atoms with E-state index in [0.29, 0.717) is 18.3 Å². The average molecular weight is 269 g/mol. The van der Waals surface area contributed by atoms with Crippen LogP contribution in [0, 0.1) is 5.41 Å².